The quantitative estimate of drug-likeness (QED) is 0.743. The molecular formula is C11H6N2O3. The van der Waals surface area contributed by atoms with E-state index >= 15 is 0 Å². The van der Waals surface area contributed by atoms with Crippen LogP contribution in [-0.2, 0) is 0 Å². The van der Waals surface area contributed by atoms with Crippen molar-refractivity contribution < 1.29 is 9.90 Å². The topological polar surface area (TPSA) is 93.9 Å². The fraction of sp³-hybridized carbons (Fsp3) is 0. The van der Waals surface area contributed by atoms with Crippen LogP contribution in [0, 0.1) is 11.3 Å². The van der Waals surface area contributed by atoms with E-state index in [2.05, 4.69) is 4.98 Å². The third-order valence-electron chi connectivity index (χ3n) is 2.24. The summed E-state index contributed by atoms with van der Waals surface area (Å²) in [6.45, 7) is 0. The Hall–Kier alpha value is -2.61. The summed E-state index contributed by atoms with van der Waals surface area (Å²) in [7, 11) is 0. The van der Waals surface area contributed by atoms with Gasteiger partial charge in [0.2, 0.25) is 5.43 Å². The first-order valence-electron chi connectivity index (χ1n) is 4.42. The standard InChI is InChI=1S/C11H6N2O3/c12-4-6-1-2-9-7(3-6)10(14)8(5-13-9)11(15)16/h1-3,5H,(H,13,14)(H,15,16). The number of rotatable bonds is 1. The summed E-state index contributed by atoms with van der Waals surface area (Å²) in [6, 6.07) is 6.40. The minimum atomic E-state index is -1.29. The van der Waals surface area contributed by atoms with E-state index in [1.165, 1.54) is 6.07 Å². The van der Waals surface area contributed by atoms with Crippen LogP contribution in [0.5, 0.6) is 0 Å². The normalized spacial score (nSPS) is 9.94. The number of carbonyl (C=O) groups is 1. The van der Waals surface area contributed by atoms with Gasteiger partial charge in [-0.15, -0.1) is 0 Å². The highest BCUT2D eigenvalue weighted by Gasteiger charge is 2.11. The molecular weight excluding hydrogens is 208 g/mol. The minimum absolute atomic E-state index is 0.207. The van der Waals surface area contributed by atoms with Gasteiger partial charge in [0.15, 0.2) is 0 Å². The van der Waals surface area contributed by atoms with E-state index in [1.54, 1.807) is 12.1 Å². The van der Waals surface area contributed by atoms with Crippen LogP contribution >= 0.6 is 0 Å². The second-order valence-electron chi connectivity index (χ2n) is 3.21. The van der Waals surface area contributed by atoms with Crippen molar-refractivity contribution >= 4 is 16.9 Å². The molecule has 0 atom stereocenters. The Balaban J connectivity index is 2.88. The van der Waals surface area contributed by atoms with Crippen LogP contribution in [0.2, 0.25) is 0 Å². The second-order valence-corrected chi connectivity index (χ2v) is 3.21. The van der Waals surface area contributed by atoms with E-state index in [0.29, 0.717) is 11.1 Å². The van der Waals surface area contributed by atoms with Crippen molar-refractivity contribution in [3.8, 4) is 6.07 Å². The zero-order valence-electron chi connectivity index (χ0n) is 8.02. The number of hydrogen-bond donors (Lipinski definition) is 2. The molecule has 0 amide bonds. The summed E-state index contributed by atoms with van der Waals surface area (Å²) in [5, 5.41) is 17.7. The van der Waals surface area contributed by atoms with Crippen molar-refractivity contribution in [3.63, 3.8) is 0 Å². The van der Waals surface area contributed by atoms with Gasteiger partial charge in [0.25, 0.3) is 0 Å². The van der Waals surface area contributed by atoms with Gasteiger partial charge in [-0.2, -0.15) is 5.26 Å². The third-order valence-corrected chi connectivity index (χ3v) is 2.24. The van der Waals surface area contributed by atoms with E-state index in [4.69, 9.17) is 10.4 Å². The van der Waals surface area contributed by atoms with Crippen molar-refractivity contribution in [1.29, 1.82) is 5.26 Å². The molecule has 2 N–H and O–H groups in total. The molecule has 0 aliphatic rings. The summed E-state index contributed by atoms with van der Waals surface area (Å²) in [5.74, 6) is -1.29. The van der Waals surface area contributed by atoms with E-state index in [-0.39, 0.29) is 10.9 Å². The van der Waals surface area contributed by atoms with Crippen molar-refractivity contribution in [2.45, 2.75) is 0 Å². The highest BCUT2D eigenvalue weighted by molar-refractivity contribution is 5.92. The molecule has 16 heavy (non-hydrogen) atoms. The summed E-state index contributed by atoms with van der Waals surface area (Å²) >= 11 is 0. The smallest absolute Gasteiger partial charge is 0.341 e. The predicted molar refractivity (Wildman–Crippen MR) is 56.2 cm³/mol. The number of carboxylic acids is 1. The molecule has 0 saturated heterocycles. The average molecular weight is 214 g/mol. The first kappa shape index (κ1) is 9.93. The van der Waals surface area contributed by atoms with E-state index in [0.717, 1.165) is 6.20 Å². The fourth-order valence-electron chi connectivity index (χ4n) is 1.45. The molecule has 5 nitrogen and oxygen atoms in total. The summed E-state index contributed by atoms with van der Waals surface area (Å²) in [5.41, 5.74) is -0.0875. The Kier molecular flexibility index (Phi) is 2.18. The Morgan fingerprint density at radius 2 is 2.19 bits per heavy atom. The Bertz CT molecular complexity index is 680. The number of hydrogen-bond acceptors (Lipinski definition) is 3. The predicted octanol–water partition coefficient (Wildman–Crippen LogP) is 1.10. The van der Waals surface area contributed by atoms with Crippen LogP contribution in [0.1, 0.15) is 15.9 Å². The maximum absolute atomic E-state index is 11.7. The molecule has 78 valence electrons. The van der Waals surface area contributed by atoms with Gasteiger partial charge in [0.1, 0.15) is 5.56 Å². The molecule has 0 spiro atoms. The first-order valence-corrected chi connectivity index (χ1v) is 4.42. The van der Waals surface area contributed by atoms with Crippen LogP contribution in [0.25, 0.3) is 10.9 Å². The van der Waals surface area contributed by atoms with Crippen molar-refractivity contribution in [3.05, 3.63) is 45.7 Å². The monoisotopic (exact) mass is 214 g/mol. The number of pyridine rings is 1. The van der Waals surface area contributed by atoms with E-state index in [1.807, 2.05) is 6.07 Å². The average Bonchev–Trinajstić information content (AvgIpc) is 2.28. The SMILES string of the molecule is N#Cc1ccc2[nH]cc(C(=O)O)c(=O)c2c1. The van der Waals surface area contributed by atoms with Crippen molar-refractivity contribution in [2.75, 3.05) is 0 Å². The molecule has 0 fully saturated rings. The van der Waals surface area contributed by atoms with Gasteiger partial charge >= 0.3 is 5.97 Å². The van der Waals surface area contributed by atoms with Gasteiger partial charge in [-0.1, -0.05) is 0 Å². The van der Waals surface area contributed by atoms with Gasteiger partial charge in [0.05, 0.1) is 11.6 Å². The van der Waals surface area contributed by atoms with Gasteiger partial charge in [0, 0.05) is 17.1 Å². The Labute approximate surface area is 89.6 Å². The number of nitrogens with zero attached hydrogens (tertiary/aromatic N) is 1. The highest BCUT2D eigenvalue weighted by Crippen LogP contribution is 2.10. The van der Waals surface area contributed by atoms with E-state index < -0.39 is 11.4 Å². The van der Waals surface area contributed by atoms with Crippen LogP contribution in [-0.4, -0.2) is 16.1 Å². The van der Waals surface area contributed by atoms with Gasteiger partial charge in [-0.25, -0.2) is 4.79 Å². The second kappa shape index (κ2) is 3.51. The van der Waals surface area contributed by atoms with Crippen LogP contribution in [0.15, 0.2) is 29.2 Å². The zero-order chi connectivity index (χ0) is 11.7. The number of carboxylic acid groups (broad SMARTS) is 1. The summed E-state index contributed by atoms with van der Waals surface area (Å²) in [6.07, 6.45) is 1.15. The summed E-state index contributed by atoms with van der Waals surface area (Å²) < 4.78 is 0. The van der Waals surface area contributed by atoms with Crippen LogP contribution in [0.3, 0.4) is 0 Å². The number of nitriles is 1. The van der Waals surface area contributed by atoms with Crippen molar-refractivity contribution in [2.24, 2.45) is 0 Å². The van der Waals surface area contributed by atoms with Gasteiger partial charge < -0.3 is 10.1 Å². The minimum Gasteiger partial charge on any atom is -0.477 e. The molecule has 0 saturated carbocycles. The largest absolute Gasteiger partial charge is 0.477 e. The molecule has 1 heterocycles. The van der Waals surface area contributed by atoms with Gasteiger partial charge in [-0.3, -0.25) is 4.79 Å². The lowest BCUT2D eigenvalue weighted by Crippen LogP contribution is -2.15. The van der Waals surface area contributed by atoms with E-state index in [9.17, 15) is 9.59 Å². The number of fused-ring (bicyclic) bond motifs is 1. The Morgan fingerprint density at radius 3 is 2.81 bits per heavy atom. The molecule has 0 bridgehead atoms. The molecule has 1 aromatic carbocycles. The number of nitrogens with one attached hydrogen (secondary N) is 1. The van der Waals surface area contributed by atoms with Crippen molar-refractivity contribution in [1.82, 2.24) is 4.98 Å². The number of aromatic nitrogens is 1. The number of benzene rings is 1. The molecule has 5 heteroatoms. The maximum atomic E-state index is 11.7. The number of aromatic amines is 1. The summed E-state index contributed by atoms with van der Waals surface area (Å²) in [4.78, 5) is 25.2. The number of aromatic carboxylic acids is 1. The molecule has 0 aliphatic heterocycles. The van der Waals surface area contributed by atoms with Crippen LogP contribution < -0.4 is 5.43 Å². The van der Waals surface area contributed by atoms with Crippen LogP contribution in [0.4, 0.5) is 0 Å². The maximum Gasteiger partial charge on any atom is 0.341 e. The first-order chi connectivity index (χ1) is 7.63. The van der Waals surface area contributed by atoms with Gasteiger partial charge in [-0.05, 0) is 18.2 Å². The molecule has 0 aliphatic carbocycles. The molecule has 0 unspecified atom stereocenters. The lowest BCUT2D eigenvalue weighted by molar-refractivity contribution is 0.0695. The lowest BCUT2D eigenvalue weighted by atomic mass is 10.1. The molecule has 0 radical (unpaired) electrons. The molecule has 1 aromatic heterocycles. The fourth-order valence-corrected chi connectivity index (χ4v) is 1.45. The molecule has 2 aromatic rings. The highest BCUT2D eigenvalue weighted by atomic mass is 16.4. The third kappa shape index (κ3) is 1.42. The lowest BCUT2D eigenvalue weighted by Gasteiger charge is -1.99. The molecule has 2 rings (SSSR count). The number of H-pyrrole nitrogens is 1. The Morgan fingerprint density at radius 1 is 1.44 bits per heavy atom. The zero-order valence-corrected chi connectivity index (χ0v) is 8.02.